The SMILES string of the molecule is Cc1ccc(SCC(=O)Nc2ccc(C(=O)O)cc2)cc1. The van der Waals surface area contributed by atoms with E-state index in [1.54, 1.807) is 12.1 Å². The van der Waals surface area contributed by atoms with Gasteiger partial charge in [0.1, 0.15) is 0 Å². The topological polar surface area (TPSA) is 66.4 Å². The van der Waals surface area contributed by atoms with Crippen molar-refractivity contribution in [3.63, 3.8) is 0 Å². The zero-order valence-corrected chi connectivity index (χ0v) is 12.3. The lowest BCUT2D eigenvalue weighted by Crippen LogP contribution is -2.14. The molecule has 5 heteroatoms. The van der Waals surface area contributed by atoms with Gasteiger partial charge in [0.05, 0.1) is 11.3 Å². The Morgan fingerprint density at radius 3 is 2.24 bits per heavy atom. The maximum atomic E-state index is 11.8. The molecule has 21 heavy (non-hydrogen) atoms. The number of carbonyl (C=O) groups is 2. The van der Waals surface area contributed by atoms with Gasteiger partial charge in [-0.3, -0.25) is 4.79 Å². The average Bonchev–Trinajstić information content (AvgIpc) is 2.47. The van der Waals surface area contributed by atoms with E-state index in [0.717, 1.165) is 4.90 Å². The zero-order valence-electron chi connectivity index (χ0n) is 11.5. The molecule has 0 radical (unpaired) electrons. The first-order valence-electron chi connectivity index (χ1n) is 6.37. The third kappa shape index (κ3) is 4.65. The minimum absolute atomic E-state index is 0.122. The normalized spacial score (nSPS) is 10.1. The predicted octanol–water partition coefficient (Wildman–Crippen LogP) is 3.42. The second kappa shape index (κ2) is 6.95. The summed E-state index contributed by atoms with van der Waals surface area (Å²) in [5.41, 5.74) is 1.97. The van der Waals surface area contributed by atoms with Crippen LogP contribution in [0.5, 0.6) is 0 Å². The maximum absolute atomic E-state index is 11.8. The smallest absolute Gasteiger partial charge is 0.335 e. The molecule has 0 spiro atoms. The van der Waals surface area contributed by atoms with Crippen molar-refractivity contribution in [2.24, 2.45) is 0 Å². The van der Waals surface area contributed by atoms with Gasteiger partial charge >= 0.3 is 5.97 Å². The number of thioether (sulfide) groups is 1. The highest BCUT2D eigenvalue weighted by atomic mass is 32.2. The quantitative estimate of drug-likeness (QED) is 0.830. The monoisotopic (exact) mass is 301 g/mol. The molecule has 0 atom stereocenters. The number of carboxylic acid groups (broad SMARTS) is 1. The molecule has 0 fully saturated rings. The molecule has 0 aliphatic heterocycles. The lowest BCUT2D eigenvalue weighted by Gasteiger charge is -2.06. The van der Waals surface area contributed by atoms with Crippen molar-refractivity contribution in [3.8, 4) is 0 Å². The fourth-order valence-electron chi connectivity index (χ4n) is 1.68. The molecule has 0 saturated carbocycles. The Kier molecular flexibility index (Phi) is 5.00. The summed E-state index contributed by atoms with van der Waals surface area (Å²) in [6.07, 6.45) is 0. The van der Waals surface area contributed by atoms with E-state index >= 15 is 0 Å². The lowest BCUT2D eigenvalue weighted by molar-refractivity contribution is -0.113. The summed E-state index contributed by atoms with van der Waals surface area (Å²) in [6.45, 7) is 2.02. The second-order valence-corrected chi connectivity index (χ2v) is 5.58. The lowest BCUT2D eigenvalue weighted by atomic mass is 10.2. The van der Waals surface area contributed by atoms with Crippen LogP contribution in [-0.4, -0.2) is 22.7 Å². The molecule has 2 rings (SSSR count). The molecule has 2 aromatic carbocycles. The van der Waals surface area contributed by atoms with Gasteiger partial charge in [-0.25, -0.2) is 4.79 Å². The first-order chi connectivity index (χ1) is 10.0. The number of anilines is 1. The van der Waals surface area contributed by atoms with Crippen LogP contribution in [0.3, 0.4) is 0 Å². The zero-order chi connectivity index (χ0) is 15.2. The third-order valence-corrected chi connectivity index (χ3v) is 3.82. The van der Waals surface area contributed by atoms with Crippen LogP contribution in [0.2, 0.25) is 0 Å². The second-order valence-electron chi connectivity index (χ2n) is 4.53. The van der Waals surface area contributed by atoms with E-state index in [-0.39, 0.29) is 11.5 Å². The predicted molar refractivity (Wildman–Crippen MR) is 83.9 cm³/mol. The van der Waals surface area contributed by atoms with Crippen molar-refractivity contribution in [1.82, 2.24) is 0 Å². The summed E-state index contributed by atoms with van der Waals surface area (Å²) in [5.74, 6) is -0.796. The Balaban J connectivity index is 1.86. The van der Waals surface area contributed by atoms with Crippen LogP contribution in [0.25, 0.3) is 0 Å². The molecule has 0 unspecified atom stereocenters. The summed E-state index contributed by atoms with van der Waals surface area (Å²) in [6, 6.07) is 14.1. The van der Waals surface area contributed by atoms with Gasteiger partial charge in [0, 0.05) is 10.6 Å². The van der Waals surface area contributed by atoms with Gasteiger partial charge in [-0.15, -0.1) is 11.8 Å². The van der Waals surface area contributed by atoms with Gasteiger partial charge in [-0.1, -0.05) is 17.7 Å². The fourth-order valence-corrected chi connectivity index (χ4v) is 2.38. The van der Waals surface area contributed by atoms with Crippen molar-refractivity contribution in [2.45, 2.75) is 11.8 Å². The van der Waals surface area contributed by atoms with Gasteiger partial charge in [0.2, 0.25) is 5.91 Å². The summed E-state index contributed by atoms with van der Waals surface area (Å²) in [5, 5.41) is 11.5. The number of nitrogens with one attached hydrogen (secondary N) is 1. The minimum Gasteiger partial charge on any atom is -0.478 e. The highest BCUT2D eigenvalue weighted by molar-refractivity contribution is 8.00. The van der Waals surface area contributed by atoms with E-state index in [1.165, 1.54) is 29.5 Å². The summed E-state index contributed by atoms with van der Waals surface area (Å²) in [7, 11) is 0. The van der Waals surface area contributed by atoms with Crippen molar-refractivity contribution in [1.29, 1.82) is 0 Å². The number of hydrogen-bond donors (Lipinski definition) is 2. The van der Waals surface area contributed by atoms with E-state index < -0.39 is 5.97 Å². The molecule has 0 heterocycles. The van der Waals surface area contributed by atoms with Gasteiger partial charge < -0.3 is 10.4 Å². The van der Waals surface area contributed by atoms with Crippen molar-refractivity contribution in [2.75, 3.05) is 11.1 Å². The maximum Gasteiger partial charge on any atom is 0.335 e. The van der Waals surface area contributed by atoms with E-state index in [2.05, 4.69) is 5.32 Å². The number of rotatable bonds is 5. The van der Waals surface area contributed by atoms with E-state index in [4.69, 9.17) is 5.11 Å². The van der Waals surface area contributed by atoms with Crippen molar-refractivity contribution >= 4 is 29.3 Å². The molecule has 0 aliphatic carbocycles. The van der Waals surface area contributed by atoms with Crippen LogP contribution < -0.4 is 5.32 Å². The Morgan fingerprint density at radius 1 is 1.05 bits per heavy atom. The number of benzene rings is 2. The number of aryl methyl sites for hydroxylation is 1. The van der Waals surface area contributed by atoms with Crippen LogP contribution in [0.15, 0.2) is 53.4 Å². The highest BCUT2D eigenvalue weighted by Gasteiger charge is 2.05. The van der Waals surface area contributed by atoms with E-state index in [0.29, 0.717) is 11.4 Å². The summed E-state index contributed by atoms with van der Waals surface area (Å²) >= 11 is 1.46. The number of carbonyl (C=O) groups excluding carboxylic acids is 1. The highest BCUT2D eigenvalue weighted by Crippen LogP contribution is 2.18. The molecule has 1 amide bonds. The fraction of sp³-hybridized carbons (Fsp3) is 0.125. The summed E-state index contributed by atoms with van der Waals surface area (Å²) in [4.78, 5) is 23.6. The van der Waals surface area contributed by atoms with Crippen LogP contribution in [-0.2, 0) is 4.79 Å². The van der Waals surface area contributed by atoms with Gasteiger partial charge in [0.25, 0.3) is 0 Å². The molecular weight excluding hydrogens is 286 g/mol. The third-order valence-electron chi connectivity index (χ3n) is 2.81. The van der Waals surface area contributed by atoms with Gasteiger partial charge in [-0.2, -0.15) is 0 Å². The van der Waals surface area contributed by atoms with Crippen LogP contribution >= 0.6 is 11.8 Å². The standard InChI is InChI=1S/C16H15NO3S/c1-11-2-8-14(9-3-11)21-10-15(18)17-13-6-4-12(5-7-13)16(19)20/h2-9H,10H2,1H3,(H,17,18)(H,19,20). The molecular formula is C16H15NO3S. The Hall–Kier alpha value is -2.27. The van der Waals surface area contributed by atoms with Crippen molar-refractivity contribution < 1.29 is 14.7 Å². The Morgan fingerprint density at radius 2 is 1.67 bits per heavy atom. The van der Waals surface area contributed by atoms with Gasteiger partial charge in [-0.05, 0) is 43.3 Å². The first kappa shape index (κ1) is 15.1. The average molecular weight is 301 g/mol. The molecule has 0 aromatic heterocycles. The molecule has 108 valence electrons. The molecule has 2 N–H and O–H groups in total. The summed E-state index contributed by atoms with van der Waals surface area (Å²) < 4.78 is 0. The first-order valence-corrected chi connectivity index (χ1v) is 7.36. The molecule has 4 nitrogen and oxygen atoms in total. The Labute approximate surface area is 127 Å². The number of carboxylic acids is 1. The largest absolute Gasteiger partial charge is 0.478 e. The molecule has 0 saturated heterocycles. The van der Waals surface area contributed by atoms with Crippen LogP contribution in [0.1, 0.15) is 15.9 Å². The van der Waals surface area contributed by atoms with Crippen molar-refractivity contribution in [3.05, 3.63) is 59.7 Å². The number of aromatic carboxylic acids is 1. The molecule has 0 bridgehead atoms. The van der Waals surface area contributed by atoms with E-state index in [1.807, 2.05) is 31.2 Å². The van der Waals surface area contributed by atoms with Crippen LogP contribution in [0, 0.1) is 6.92 Å². The van der Waals surface area contributed by atoms with Crippen LogP contribution in [0.4, 0.5) is 5.69 Å². The van der Waals surface area contributed by atoms with Gasteiger partial charge in [0.15, 0.2) is 0 Å². The minimum atomic E-state index is -0.984. The van der Waals surface area contributed by atoms with E-state index in [9.17, 15) is 9.59 Å². The number of amides is 1. The Bertz CT molecular complexity index is 636. The number of hydrogen-bond acceptors (Lipinski definition) is 3. The molecule has 2 aromatic rings. The molecule has 0 aliphatic rings.